The summed E-state index contributed by atoms with van der Waals surface area (Å²) in [6, 6.07) is 9.33. The van der Waals surface area contributed by atoms with Crippen molar-refractivity contribution in [1.29, 1.82) is 0 Å². The zero-order valence-electron chi connectivity index (χ0n) is 12.6. The predicted molar refractivity (Wildman–Crippen MR) is 78.7 cm³/mol. The highest BCUT2D eigenvalue weighted by Gasteiger charge is 2.36. The molecule has 0 spiro atoms. The molecule has 1 atom stereocenters. The first kappa shape index (κ1) is 15.8. The number of ether oxygens (including phenoxy) is 1. The zero-order chi connectivity index (χ0) is 15.6. The second-order valence-electron chi connectivity index (χ2n) is 6.24. The third-order valence-corrected chi connectivity index (χ3v) is 4.51. The molecule has 2 nitrogen and oxygen atoms in total. The molecule has 3 rings (SSSR count). The smallest absolute Gasteiger partial charge is 0.371 e. The third-order valence-electron chi connectivity index (χ3n) is 4.51. The third kappa shape index (κ3) is 4.02. The van der Waals surface area contributed by atoms with Crippen LogP contribution in [0.5, 0.6) is 0 Å². The number of aryl methyl sites for hydroxylation is 1. The van der Waals surface area contributed by atoms with Crippen LogP contribution in [-0.2, 0) is 11.2 Å². The van der Waals surface area contributed by atoms with Crippen LogP contribution in [0.2, 0.25) is 0 Å². The zero-order valence-corrected chi connectivity index (χ0v) is 12.6. The first-order valence-electron chi connectivity index (χ1n) is 8.02. The fraction of sp³-hybridized carbons (Fsp3) is 0.647. The van der Waals surface area contributed by atoms with Gasteiger partial charge in [-0.3, -0.25) is 4.90 Å². The van der Waals surface area contributed by atoms with Crippen molar-refractivity contribution in [2.24, 2.45) is 0 Å². The lowest BCUT2D eigenvalue weighted by molar-refractivity contribution is -0.175. The minimum atomic E-state index is -4.23. The summed E-state index contributed by atoms with van der Waals surface area (Å²) < 4.78 is 41.3. The van der Waals surface area contributed by atoms with Crippen LogP contribution in [0.4, 0.5) is 13.2 Å². The van der Waals surface area contributed by atoms with Crippen molar-refractivity contribution in [2.75, 3.05) is 19.8 Å². The van der Waals surface area contributed by atoms with Crippen molar-refractivity contribution >= 4 is 0 Å². The molecule has 2 aliphatic rings. The monoisotopic (exact) mass is 313 g/mol. The van der Waals surface area contributed by atoms with Gasteiger partial charge >= 0.3 is 6.18 Å². The molecule has 1 fully saturated rings. The van der Waals surface area contributed by atoms with Gasteiger partial charge in [-0.1, -0.05) is 24.3 Å². The maximum Gasteiger partial charge on any atom is 0.411 e. The molecule has 1 aromatic carbocycles. The molecule has 0 saturated heterocycles. The van der Waals surface area contributed by atoms with E-state index in [1.165, 1.54) is 11.1 Å². The highest BCUT2D eigenvalue weighted by molar-refractivity contribution is 5.32. The number of hydrogen-bond donors (Lipinski definition) is 0. The number of halogens is 3. The lowest BCUT2D eigenvalue weighted by Crippen LogP contribution is -2.36. The van der Waals surface area contributed by atoms with E-state index in [1.807, 2.05) is 0 Å². The van der Waals surface area contributed by atoms with Crippen LogP contribution in [0.3, 0.4) is 0 Å². The Bertz CT molecular complexity index is 499. The van der Waals surface area contributed by atoms with Gasteiger partial charge in [-0.25, -0.2) is 0 Å². The normalized spacial score (nSPS) is 21.9. The van der Waals surface area contributed by atoms with Crippen molar-refractivity contribution < 1.29 is 17.9 Å². The van der Waals surface area contributed by atoms with Gasteiger partial charge in [-0.2, -0.15) is 13.2 Å². The van der Waals surface area contributed by atoms with Gasteiger partial charge < -0.3 is 4.74 Å². The Kier molecular flexibility index (Phi) is 4.73. The van der Waals surface area contributed by atoms with E-state index >= 15 is 0 Å². The number of nitrogens with zero attached hydrogens (tertiary/aromatic N) is 1. The Labute approximate surface area is 129 Å². The molecule has 122 valence electrons. The Morgan fingerprint density at radius 2 is 1.91 bits per heavy atom. The second-order valence-corrected chi connectivity index (χ2v) is 6.24. The average Bonchev–Trinajstić information content (AvgIpc) is 3.30. The molecular formula is C17H22F3NO. The molecule has 0 radical (unpaired) electrons. The predicted octanol–water partition coefficient (Wildman–Crippen LogP) is 4.11. The number of benzene rings is 1. The largest absolute Gasteiger partial charge is 0.411 e. The lowest BCUT2D eigenvalue weighted by Gasteiger charge is -2.36. The maximum atomic E-state index is 12.2. The van der Waals surface area contributed by atoms with Gasteiger partial charge in [-0.15, -0.1) is 0 Å². The van der Waals surface area contributed by atoms with E-state index < -0.39 is 12.8 Å². The molecule has 2 aliphatic carbocycles. The van der Waals surface area contributed by atoms with Gasteiger partial charge in [0.15, 0.2) is 0 Å². The number of alkyl halides is 3. The van der Waals surface area contributed by atoms with Crippen molar-refractivity contribution in [3.05, 3.63) is 35.4 Å². The van der Waals surface area contributed by atoms with Crippen molar-refractivity contribution in [2.45, 2.75) is 50.4 Å². The van der Waals surface area contributed by atoms with Crippen LogP contribution < -0.4 is 0 Å². The van der Waals surface area contributed by atoms with E-state index in [4.69, 9.17) is 4.74 Å². The van der Waals surface area contributed by atoms with Gasteiger partial charge in [-0.05, 0) is 43.2 Å². The van der Waals surface area contributed by atoms with Crippen molar-refractivity contribution in [1.82, 2.24) is 4.90 Å². The van der Waals surface area contributed by atoms with Gasteiger partial charge in [0.2, 0.25) is 0 Å². The van der Waals surface area contributed by atoms with Gasteiger partial charge in [0, 0.05) is 18.6 Å². The van der Waals surface area contributed by atoms with Gasteiger partial charge in [0.05, 0.1) is 6.61 Å². The molecule has 0 amide bonds. The van der Waals surface area contributed by atoms with Crippen LogP contribution in [0.15, 0.2) is 24.3 Å². The fourth-order valence-electron chi connectivity index (χ4n) is 3.43. The molecule has 0 heterocycles. The molecule has 0 N–H and O–H groups in total. The summed E-state index contributed by atoms with van der Waals surface area (Å²) in [4.78, 5) is 2.37. The van der Waals surface area contributed by atoms with Gasteiger partial charge in [0.25, 0.3) is 0 Å². The standard InChI is InChI=1S/C17H22F3NO/c18-17(19,20)12-22-11-10-21(14-8-9-14)16-7-3-5-13-4-1-2-6-15(13)16/h1-2,4,6,14,16H,3,5,7-12H2. The molecule has 0 bridgehead atoms. The minimum absolute atomic E-state index is 0.147. The molecule has 0 aliphatic heterocycles. The fourth-order valence-corrected chi connectivity index (χ4v) is 3.43. The summed E-state index contributed by atoms with van der Waals surface area (Å²) in [5.41, 5.74) is 2.75. The van der Waals surface area contributed by atoms with E-state index in [1.54, 1.807) is 0 Å². The summed E-state index contributed by atoms with van der Waals surface area (Å²) in [6.07, 6.45) is 1.41. The van der Waals surface area contributed by atoms with Gasteiger partial charge in [0.1, 0.15) is 6.61 Å². The summed E-state index contributed by atoms with van der Waals surface area (Å²) in [7, 11) is 0. The molecule has 0 aromatic heterocycles. The van der Waals surface area contributed by atoms with E-state index in [0.29, 0.717) is 18.6 Å². The summed E-state index contributed by atoms with van der Waals surface area (Å²) in [5, 5.41) is 0. The summed E-state index contributed by atoms with van der Waals surface area (Å²) in [5.74, 6) is 0. The van der Waals surface area contributed by atoms with Crippen LogP contribution in [0, 0.1) is 0 Å². The molecule has 1 aromatic rings. The first-order chi connectivity index (χ1) is 10.5. The second kappa shape index (κ2) is 6.59. The van der Waals surface area contributed by atoms with Crippen molar-refractivity contribution in [3.63, 3.8) is 0 Å². The quantitative estimate of drug-likeness (QED) is 0.733. The average molecular weight is 313 g/mol. The molecule has 22 heavy (non-hydrogen) atoms. The number of fused-ring (bicyclic) bond motifs is 1. The van der Waals surface area contributed by atoms with E-state index in [9.17, 15) is 13.2 Å². The van der Waals surface area contributed by atoms with Crippen molar-refractivity contribution in [3.8, 4) is 0 Å². The molecular weight excluding hydrogens is 291 g/mol. The lowest BCUT2D eigenvalue weighted by atomic mass is 9.86. The summed E-state index contributed by atoms with van der Waals surface area (Å²) >= 11 is 0. The number of rotatable bonds is 6. The first-order valence-corrected chi connectivity index (χ1v) is 8.02. The highest BCUT2D eigenvalue weighted by atomic mass is 19.4. The maximum absolute atomic E-state index is 12.2. The highest BCUT2D eigenvalue weighted by Crippen LogP contribution is 2.40. The molecule has 1 saturated carbocycles. The molecule has 5 heteroatoms. The Morgan fingerprint density at radius 3 is 2.64 bits per heavy atom. The topological polar surface area (TPSA) is 12.5 Å². The van der Waals surface area contributed by atoms with Crippen LogP contribution in [0.1, 0.15) is 42.9 Å². The SMILES string of the molecule is FC(F)(F)COCCN(C1CC1)C1CCCc2ccccc21. The van der Waals surface area contributed by atoms with Crippen LogP contribution in [-0.4, -0.2) is 36.9 Å². The van der Waals surface area contributed by atoms with E-state index in [0.717, 1.165) is 32.1 Å². The van der Waals surface area contributed by atoms with Crippen LogP contribution >= 0.6 is 0 Å². The van der Waals surface area contributed by atoms with E-state index in [2.05, 4.69) is 29.2 Å². The molecule has 1 unspecified atom stereocenters. The Hall–Kier alpha value is -1.07. The van der Waals surface area contributed by atoms with Crippen LogP contribution in [0.25, 0.3) is 0 Å². The minimum Gasteiger partial charge on any atom is -0.371 e. The number of hydrogen-bond acceptors (Lipinski definition) is 2. The van der Waals surface area contributed by atoms with E-state index in [-0.39, 0.29) is 6.61 Å². The Morgan fingerprint density at radius 1 is 1.14 bits per heavy atom. The Balaban J connectivity index is 1.63. The summed E-state index contributed by atoms with van der Waals surface area (Å²) in [6.45, 7) is -0.415.